The van der Waals surface area contributed by atoms with Gasteiger partial charge in [-0.15, -0.1) is 22.7 Å². The van der Waals surface area contributed by atoms with Crippen molar-refractivity contribution in [1.29, 1.82) is 0 Å². The van der Waals surface area contributed by atoms with Crippen molar-refractivity contribution in [3.63, 3.8) is 0 Å². The van der Waals surface area contributed by atoms with Crippen molar-refractivity contribution >= 4 is 48.6 Å². The molecule has 104 valence electrons. The molecule has 4 nitrogen and oxygen atoms in total. The second kappa shape index (κ2) is 6.02. The fourth-order valence-electron chi connectivity index (χ4n) is 1.51. The number of sulfonamides is 1. The summed E-state index contributed by atoms with van der Waals surface area (Å²) >= 11 is 6.19. The molecule has 0 atom stereocenters. The third-order valence-electron chi connectivity index (χ3n) is 2.43. The maximum Gasteiger partial charge on any atom is 0.242 e. The van der Waals surface area contributed by atoms with Gasteiger partial charge in [-0.25, -0.2) is 13.1 Å². The van der Waals surface area contributed by atoms with Crippen LogP contribution in [0.4, 0.5) is 0 Å². The van der Waals surface area contributed by atoms with Gasteiger partial charge in [0.2, 0.25) is 10.0 Å². The fraction of sp³-hybridized carbons (Fsp3) is 0.273. The number of hydrogen-bond acceptors (Lipinski definition) is 5. The summed E-state index contributed by atoms with van der Waals surface area (Å²) in [5, 5.41) is 0. The Labute approximate surface area is 128 Å². The topological polar surface area (TPSA) is 72.2 Å². The van der Waals surface area contributed by atoms with E-state index >= 15 is 0 Å². The van der Waals surface area contributed by atoms with E-state index < -0.39 is 10.0 Å². The lowest BCUT2D eigenvalue weighted by atomic mass is 10.4. The van der Waals surface area contributed by atoms with E-state index in [1.165, 1.54) is 11.3 Å². The highest BCUT2D eigenvalue weighted by Gasteiger charge is 2.20. The van der Waals surface area contributed by atoms with E-state index in [1.807, 2.05) is 19.1 Å². The third kappa shape index (κ3) is 3.65. The Balaban J connectivity index is 2.15. The van der Waals surface area contributed by atoms with Crippen LogP contribution in [0.25, 0.3) is 0 Å². The van der Waals surface area contributed by atoms with Crippen molar-refractivity contribution in [3.05, 3.63) is 36.6 Å². The van der Waals surface area contributed by atoms with Gasteiger partial charge in [0.1, 0.15) is 4.90 Å². The number of thiophene rings is 2. The molecule has 8 heteroatoms. The van der Waals surface area contributed by atoms with Crippen LogP contribution in [-0.4, -0.2) is 8.42 Å². The Morgan fingerprint density at radius 1 is 1.32 bits per heavy atom. The van der Waals surface area contributed by atoms with Gasteiger partial charge in [0.25, 0.3) is 0 Å². The first-order valence-electron chi connectivity index (χ1n) is 5.45. The lowest BCUT2D eigenvalue weighted by Crippen LogP contribution is -2.22. The van der Waals surface area contributed by atoms with Crippen LogP contribution in [0.1, 0.15) is 14.6 Å². The van der Waals surface area contributed by atoms with E-state index in [-0.39, 0.29) is 4.90 Å². The number of nitrogens with two attached hydrogens (primary N) is 1. The Morgan fingerprint density at radius 2 is 2.05 bits per heavy atom. The van der Waals surface area contributed by atoms with Crippen LogP contribution in [0.3, 0.4) is 0 Å². The Bertz CT molecular complexity index is 676. The second-order valence-electron chi connectivity index (χ2n) is 3.89. The zero-order valence-electron chi connectivity index (χ0n) is 10.1. The van der Waals surface area contributed by atoms with Crippen LogP contribution in [-0.2, 0) is 23.1 Å². The molecule has 0 aliphatic carbocycles. The minimum absolute atomic E-state index is 0.256. The first kappa shape index (κ1) is 15.1. The van der Waals surface area contributed by atoms with Gasteiger partial charge in [0.05, 0.1) is 3.79 Å². The summed E-state index contributed by atoms with van der Waals surface area (Å²) in [6, 6.07) is 5.51. The zero-order chi connectivity index (χ0) is 14.0. The molecule has 0 radical (unpaired) electrons. The van der Waals surface area contributed by atoms with Crippen molar-refractivity contribution in [2.75, 3.05) is 0 Å². The zero-order valence-corrected chi connectivity index (χ0v) is 14.2. The van der Waals surface area contributed by atoms with Gasteiger partial charge in [-0.05, 0) is 41.1 Å². The molecule has 0 aliphatic rings. The van der Waals surface area contributed by atoms with Crippen LogP contribution in [0.5, 0.6) is 0 Å². The van der Waals surface area contributed by atoms with Crippen LogP contribution in [0, 0.1) is 6.92 Å². The fourth-order valence-corrected chi connectivity index (χ4v) is 5.99. The standard InChI is InChI=1S/C11H13BrN2O2S3/c1-7-2-3-8(17-7)6-14-19(15,16)10-4-9(5-13)18-11(10)12/h2-4,14H,5-6,13H2,1H3. The molecule has 0 fully saturated rings. The van der Waals surface area contributed by atoms with Crippen molar-refractivity contribution in [3.8, 4) is 0 Å². The van der Waals surface area contributed by atoms with E-state index in [2.05, 4.69) is 20.7 Å². The quantitative estimate of drug-likeness (QED) is 0.837. The lowest BCUT2D eigenvalue weighted by molar-refractivity contribution is 0.581. The van der Waals surface area contributed by atoms with Crippen LogP contribution in [0.2, 0.25) is 0 Å². The molecule has 0 aromatic carbocycles. The van der Waals surface area contributed by atoms with E-state index in [0.29, 0.717) is 16.9 Å². The smallest absolute Gasteiger partial charge is 0.242 e. The number of hydrogen-bond donors (Lipinski definition) is 2. The van der Waals surface area contributed by atoms with Crippen molar-refractivity contribution < 1.29 is 8.42 Å². The predicted molar refractivity (Wildman–Crippen MR) is 83.0 cm³/mol. The van der Waals surface area contributed by atoms with E-state index in [4.69, 9.17) is 5.73 Å². The monoisotopic (exact) mass is 380 g/mol. The summed E-state index contributed by atoms with van der Waals surface area (Å²) in [5.74, 6) is 0. The van der Waals surface area contributed by atoms with Gasteiger partial charge in [-0.3, -0.25) is 0 Å². The van der Waals surface area contributed by atoms with Gasteiger partial charge in [-0.1, -0.05) is 0 Å². The highest BCUT2D eigenvalue weighted by molar-refractivity contribution is 9.11. The van der Waals surface area contributed by atoms with E-state index in [1.54, 1.807) is 17.4 Å². The van der Waals surface area contributed by atoms with Crippen molar-refractivity contribution in [2.24, 2.45) is 5.73 Å². The van der Waals surface area contributed by atoms with Crippen LogP contribution < -0.4 is 10.5 Å². The molecule has 3 N–H and O–H groups in total. The molecule has 0 unspecified atom stereocenters. The highest BCUT2D eigenvalue weighted by atomic mass is 79.9. The highest BCUT2D eigenvalue weighted by Crippen LogP contribution is 2.31. The molecule has 0 bridgehead atoms. The number of aryl methyl sites for hydroxylation is 1. The first-order chi connectivity index (χ1) is 8.92. The largest absolute Gasteiger partial charge is 0.326 e. The molecule has 0 amide bonds. The second-order valence-corrected chi connectivity index (χ2v) is 9.45. The molecule has 0 aliphatic heterocycles. The molecule has 2 heterocycles. The molecular formula is C11H13BrN2O2S3. The Morgan fingerprint density at radius 3 is 2.58 bits per heavy atom. The number of nitrogens with one attached hydrogen (secondary N) is 1. The maximum atomic E-state index is 12.2. The van der Waals surface area contributed by atoms with Gasteiger partial charge in [-0.2, -0.15) is 0 Å². The average Bonchev–Trinajstić information content (AvgIpc) is 2.93. The molecule has 0 spiro atoms. The lowest BCUT2D eigenvalue weighted by Gasteiger charge is -2.04. The molecule has 2 aromatic heterocycles. The third-order valence-corrected chi connectivity index (χ3v) is 7.11. The summed E-state index contributed by atoms with van der Waals surface area (Å²) in [6.07, 6.45) is 0. The molecule has 0 saturated heterocycles. The molecule has 2 rings (SSSR count). The number of halogens is 1. The predicted octanol–water partition coefficient (Wildman–Crippen LogP) is 2.82. The Hall–Kier alpha value is -0.250. The SMILES string of the molecule is Cc1ccc(CNS(=O)(=O)c2cc(CN)sc2Br)s1. The summed E-state index contributed by atoms with van der Waals surface area (Å²) in [6.45, 7) is 2.63. The van der Waals surface area contributed by atoms with Gasteiger partial charge >= 0.3 is 0 Å². The normalized spacial score (nSPS) is 11.9. The molecule has 0 saturated carbocycles. The van der Waals surface area contributed by atoms with Crippen LogP contribution >= 0.6 is 38.6 Å². The minimum atomic E-state index is -3.50. The summed E-state index contributed by atoms with van der Waals surface area (Å²) in [5.41, 5.74) is 5.52. The Kier molecular flexibility index (Phi) is 4.80. The first-order valence-corrected chi connectivity index (χ1v) is 9.36. The molecular weight excluding hydrogens is 368 g/mol. The van der Waals surface area contributed by atoms with E-state index in [0.717, 1.165) is 14.6 Å². The van der Waals surface area contributed by atoms with Gasteiger partial charge in [0, 0.05) is 27.7 Å². The molecule has 19 heavy (non-hydrogen) atoms. The van der Waals surface area contributed by atoms with Crippen molar-refractivity contribution in [1.82, 2.24) is 4.72 Å². The van der Waals surface area contributed by atoms with Gasteiger partial charge in [0.15, 0.2) is 0 Å². The van der Waals surface area contributed by atoms with E-state index in [9.17, 15) is 8.42 Å². The van der Waals surface area contributed by atoms with Crippen molar-refractivity contribution in [2.45, 2.75) is 24.9 Å². The van der Waals surface area contributed by atoms with Crippen LogP contribution in [0.15, 0.2) is 26.9 Å². The summed E-state index contributed by atoms with van der Waals surface area (Å²) in [4.78, 5) is 3.24. The maximum absolute atomic E-state index is 12.2. The molecule has 2 aromatic rings. The summed E-state index contributed by atoms with van der Waals surface area (Å²) in [7, 11) is -3.50. The number of rotatable bonds is 5. The summed E-state index contributed by atoms with van der Waals surface area (Å²) < 4.78 is 27.6. The average molecular weight is 381 g/mol. The minimum Gasteiger partial charge on any atom is -0.326 e. The van der Waals surface area contributed by atoms with Gasteiger partial charge < -0.3 is 5.73 Å².